The quantitative estimate of drug-likeness (QED) is 0.672. The summed E-state index contributed by atoms with van der Waals surface area (Å²) in [6.45, 7) is 2.76. The third-order valence-corrected chi connectivity index (χ3v) is 5.55. The lowest BCUT2D eigenvalue weighted by Gasteiger charge is -2.31. The van der Waals surface area contributed by atoms with Gasteiger partial charge in [0.2, 0.25) is 11.8 Å². The van der Waals surface area contributed by atoms with Crippen LogP contribution in [0.4, 0.5) is 0 Å². The van der Waals surface area contributed by atoms with Crippen molar-refractivity contribution >= 4 is 17.2 Å². The van der Waals surface area contributed by atoms with Crippen LogP contribution in [-0.4, -0.2) is 34.0 Å². The van der Waals surface area contributed by atoms with Crippen molar-refractivity contribution in [2.24, 2.45) is 5.92 Å². The molecule has 1 N–H and O–H groups in total. The van der Waals surface area contributed by atoms with E-state index in [4.69, 9.17) is 8.94 Å². The molecule has 4 heterocycles. The van der Waals surface area contributed by atoms with Crippen LogP contribution in [0.5, 0.6) is 0 Å². The van der Waals surface area contributed by atoms with Gasteiger partial charge in [0.05, 0.1) is 31.7 Å². The van der Waals surface area contributed by atoms with Crippen LogP contribution < -0.4 is 5.32 Å². The Morgan fingerprint density at radius 1 is 1.37 bits per heavy atom. The van der Waals surface area contributed by atoms with E-state index in [-0.39, 0.29) is 11.8 Å². The second-order valence-corrected chi connectivity index (χ2v) is 7.76. The smallest absolute Gasteiger partial charge is 0.231 e. The number of likely N-dealkylation sites (tertiary alicyclic amines) is 1. The predicted octanol–water partition coefficient (Wildman–Crippen LogP) is 2.84. The number of piperidine rings is 1. The molecular formula is C19H22N4O3S. The van der Waals surface area contributed by atoms with Gasteiger partial charge in [0, 0.05) is 11.4 Å². The van der Waals surface area contributed by atoms with Crippen molar-refractivity contribution in [2.75, 3.05) is 13.1 Å². The van der Waals surface area contributed by atoms with Crippen LogP contribution >= 0.6 is 11.3 Å². The Balaban J connectivity index is 1.25. The molecule has 3 aromatic rings. The number of hydrogen-bond donors (Lipinski definition) is 1. The van der Waals surface area contributed by atoms with Crippen molar-refractivity contribution in [3.05, 3.63) is 58.3 Å². The maximum Gasteiger partial charge on any atom is 0.231 e. The largest absolute Gasteiger partial charge is 0.468 e. The normalized spacial score (nSPS) is 17.9. The average molecular weight is 386 g/mol. The summed E-state index contributed by atoms with van der Waals surface area (Å²) in [7, 11) is 0. The zero-order valence-electron chi connectivity index (χ0n) is 15.0. The third-order valence-electron chi connectivity index (χ3n) is 4.67. The van der Waals surface area contributed by atoms with Crippen LogP contribution in [-0.2, 0) is 24.3 Å². The van der Waals surface area contributed by atoms with Crippen LogP contribution in [0.25, 0.3) is 0 Å². The fourth-order valence-corrected chi connectivity index (χ4v) is 4.04. The first-order valence-electron chi connectivity index (χ1n) is 9.12. The fourth-order valence-electron chi connectivity index (χ4n) is 3.34. The average Bonchev–Trinajstić information content (AvgIpc) is 3.44. The van der Waals surface area contributed by atoms with Gasteiger partial charge >= 0.3 is 0 Å². The van der Waals surface area contributed by atoms with Crippen molar-refractivity contribution in [1.82, 2.24) is 20.4 Å². The number of aromatic nitrogens is 2. The van der Waals surface area contributed by atoms with E-state index in [1.807, 2.05) is 29.6 Å². The second-order valence-electron chi connectivity index (χ2n) is 6.73. The van der Waals surface area contributed by atoms with Crippen LogP contribution in [0.15, 0.2) is 44.8 Å². The number of carbonyl (C=O) groups excluding carboxylic acids is 1. The molecule has 1 fully saturated rings. The summed E-state index contributed by atoms with van der Waals surface area (Å²) in [5, 5.41) is 8.93. The first-order valence-corrected chi connectivity index (χ1v) is 10.0. The zero-order valence-corrected chi connectivity index (χ0v) is 15.8. The number of carbonyl (C=O) groups is 1. The highest BCUT2D eigenvalue weighted by molar-refractivity contribution is 7.09. The van der Waals surface area contributed by atoms with Crippen LogP contribution in [0.1, 0.15) is 35.2 Å². The maximum absolute atomic E-state index is 12.5. The SMILES string of the molecule is O=C(NCc1noc(Cc2cccs2)n1)[C@H]1CCCN(Cc2ccco2)C1. The Bertz CT molecular complexity index is 844. The number of nitrogens with zero attached hydrogens (tertiary/aromatic N) is 3. The molecular weight excluding hydrogens is 364 g/mol. The highest BCUT2D eigenvalue weighted by Crippen LogP contribution is 2.19. The van der Waals surface area contributed by atoms with Gasteiger partial charge in [-0.05, 0) is 43.0 Å². The van der Waals surface area contributed by atoms with Crippen LogP contribution in [0, 0.1) is 5.92 Å². The van der Waals surface area contributed by atoms with Crippen molar-refractivity contribution < 1.29 is 13.7 Å². The summed E-state index contributed by atoms with van der Waals surface area (Å²) in [5.74, 6) is 2.04. The predicted molar refractivity (Wildman–Crippen MR) is 100.0 cm³/mol. The minimum Gasteiger partial charge on any atom is -0.468 e. The summed E-state index contributed by atoms with van der Waals surface area (Å²) in [5.41, 5.74) is 0. The summed E-state index contributed by atoms with van der Waals surface area (Å²) in [6, 6.07) is 7.89. The highest BCUT2D eigenvalue weighted by atomic mass is 32.1. The Hall–Kier alpha value is -2.45. The topological polar surface area (TPSA) is 84.4 Å². The van der Waals surface area contributed by atoms with Gasteiger partial charge in [-0.1, -0.05) is 11.2 Å². The van der Waals surface area contributed by atoms with Gasteiger partial charge in [0.15, 0.2) is 5.82 Å². The molecule has 142 valence electrons. The molecule has 0 aromatic carbocycles. The van der Waals surface area contributed by atoms with Gasteiger partial charge in [0.25, 0.3) is 0 Å². The number of thiophene rings is 1. The Morgan fingerprint density at radius 3 is 3.15 bits per heavy atom. The molecule has 1 aliphatic rings. The fraction of sp³-hybridized carbons (Fsp3) is 0.421. The van der Waals surface area contributed by atoms with E-state index < -0.39 is 0 Å². The van der Waals surface area contributed by atoms with Gasteiger partial charge in [-0.15, -0.1) is 11.3 Å². The molecule has 0 saturated carbocycles. The summed E-state index contributed by atoms with van der Waals surface area (Å²) in [6.07, 6.45) is 4.21. The first-order chi connectivity index (χ1) is 13.3. The maximum atomic E-state index is 12.5. The highest BCUT2D eigenvalue weighted by Gasteiger charge is 2.26. The molecule has 1 aliphatic heterocycles. The molecule has 4 rings (SSSR count). The Labute approximate surface area is 161 Å². The van der Waals surface area contributed by atoms with Crippen LogP contribution in [0.3, 0.4) is 0 Å². The van der Waals surface area contributed by atoms with E-state index in [1.54, 1.807) is 17.6 Å². The molecule has 7 nitrogen and oxygen atoms in total. The van der Waals surface area contributed by atoms with Gasteiger partial charge in [-0.25, -0.2) is 0 Å². The molecule has 1 atom stereocenters. The molecule has 0 bridgehead atoms. The lowest BCUT2D eigenvalue weighted by atomic mass is 9.97. The molecule has 1 amide bonds. The van der Waals surface area contributed by atoms with Crippen molar-refractivity contribution in [1.29, 1.82) is 0 Å². The number of furan rings is 1. The third kappa shape index (κ3) is 4.84. The number of nitrogens with one attached hydrogen (secondary N) is 1. The summed E-state index contributed by atoms with van der Waals surface area (Å²) >= 11 is 1.66. The molecule has 0 radical (unpaired) electrons. The molecule has 1 saturated heterocycles. The van der Waals surface area contributed by atoms with Crippen molar-refractivity contribution in [3.63, 3.8) is 0 Å². The monoisotopic (exact) mass is 386 g/mol. The Kier molecular flexibility index (Phi) is 5.64. The number of hydrogen-bond acceptors (Lipinski definition) is 7. The van der Waals surface area contributed by atoms with E-state index in [2.05, 4.69) is 20.4 Å². The lowest BCUT2D eigenvalue weighted by Crippen LogP contribution is -2.42. The van der Waals surface area contributed by atoms with Crippen LogP contribution in [0.2, 0.25) is 0 Å². The minimum absolute atomic E-state index is 0.0220. The number of amides is 1. The van der Waals surface area contributed by atoms with E-state index in [9.17, 15) is 4.79 Å². The van der Waals surface area contributed by atoms with Gasteiger partial charge in [-0.3, -0.25) is 9.69 Å². The molecule has 0 unspecified atom stereocenters. The first kappa shape index (κ1) is 17.9. The van der Waals surface area contributed by atoms with E-state index in [0.29, 0.717) is 24.7 Å². The Morgan fingerprint density at radius 2 is 2.33 bits per heavy atom. The van der Waals surface area contributed by atoms with E-state index >= 15 is 0 Å². The van der Waals surface area contributed by atoms with Gasteiger partial charge in [-0.2, -0.15) is 4.98 Å². The summed E-state index contributed by atoms with van der Waals surface area (Å²) in [4.78, 5) is 20.3. The number of rotatable bonds is 7. The van der Waals surface area contributed by atoms with E-state index in [1.165, 1.54) is 4.88 Å². The zero-order chi connectivity index (χ0) is 18.5. The standard InChI is InChI=1S/C19H22N4O3S/c24-19(14-4-1-7-23(12-14)13-15-5-2-8-25-15)20-11-17-21-18(26-22-17)10-16-6-3-9-27-16/h2-3,5-6,8-9,14H,1,4,7,10-13H2,(H,20,24)/t14-/m0/s1. The molecule has 27 heavy (non-hydrogen) atoms. The lowest BCUT2D eigenvalue weighted by molar-refractivity contribution is -0.127. The second kappa shape index (κ2) is 8.49. The molecule has 8 heteroatoms. The van der Waals surface area contributed by atoms with Crippen molar-refractivity contribution in [2.45, 2.75) is 32.4 Å². The van der Waals surface area contributed by atoms with Crippen molar-refractivity contribution in [3.8, 4) is 0 Å². The minimum atomic E-state index is -0.0220. The molecule has 3 aromatic heterocycles. The van der Waals surface area contributed by atoms with E-state index in [0.717, 1.165) is 38.2 Å². The van der Waals surface area contributed by atoms with Gasteiger partial charge in [0.1, 0.15) is 5.76 Å². The summed E-state index contributed by atoms with van der Waals surface area (Å²) < 4.78 is 10.7. The molecule has 0 aliphatic carbocycles. The molecule has 0 spiro atoms. The van der Waals surface area contributed by atoms with Gasteiger partial charge < -0.3 is 14.3 Å².